The van der Waals surface area contributed by atoms with Crippen LogP contribution in [0.2, 0.25) is 0 Å². The molecule has 3 nitrogen and oxygen atoms in total. The van der Waals surface area contributed by atoms with Gasteiger partial charge >= 0.3 is 0 Å². The van der Waals surface area contributed by atoms with Crippen LogP contribution in [0.4, 0.5) is 5.69 Å². The predicted molar refractivity (Wildman–Crippen MR) is 59.2 cm³/mol. The van der Waals surface area contributed by atoms with Gasteiger partial charge in [-0.2, -0.15) is 0 Å². The lowest BCUT2D eigenvalue weighted by Crippen LogP contribution is -2.43. The molecule has 0 atom stereocenters. The number of hydrogen-bond donors (Lipinski definition) is 1. The van der Waals surface area contributed by atoms with Crippen molar-refractivity contribution in [2.75, 3.05) is 31.1 Å². The van der Waals surface area contributed by atoms with Crippen LogP contribution < -0.4 is 10.2 Å². The number of nitrogens with one attached hydrogen (secondary N) is 1. The van der Waals surface area contributed by atoms with E-state index < -0.39 is 0 Å². The minimum Gasteiger partial charge on any atom is -0.368 e. The first-order valence-corrected chi connectivity index (χ1v) is 5.75. The van der Waals surface area contributed by atoms with Crippen molar-refractivity contribution >= 4 is 23.3 Å². The highest BCUT2D eigenvalue weighted by molar-refractivity contribution is 7.10. The van der Waals surface area contributed by atoms with Gasteiger partial charge in [0.2, 0.25) is 0 Å². The SMILES string of the molecule is O=CCc1cc(N2CCNCC2)cs1. The van der Waals surface area contributed by atoms with Crippen molar-refractivity contribution in [1.29, 1.82) is 0 Å². The number of carbonyl (C=O) groups is 1. The number of carbonyl (C=O) groups excluding carboxylic acids is 1. The molecule has 0 radical (unpaired) electrons. The molecule has 2 heterocycles. The molecular weight excluding hydrogens is 196 g/mol. The Balaban J connectivity index is 2.03. The van der Waals surface area contributed by atoms with Gasteiger partial charge in [-0.25, -0.2) is 0 Å². The number of nitrogens with zero attached hydrogens (tertiary/aromatic N) is 1. The second kappa shape index (κ2) is 4.57. The Morgan fingerprint density at radius 1 is 1.50 bits per heavy atom. The van der Waals surface area contributed by atoms with E-state index >= 15 is 0 Å². The lowest BCUT2D eigenvalue weighted by Gasteiger charge is -2.28. The van der Waals surface area contributed by atoms with Gasteiger partial charge in [-0.3, -0.25) is 0 Å². The summed E-state index contributed by atoms with van der Waals surface area (Å²) < 4.78 is 0. The molecule has 1 N–H and O–H groups in total. The monoisotopic (exact) mass is 210 g/mol. The van der Waals surface area contributed by atoms with Gasteiger partial charge in [-0.1, -0.05) is 0 Å². The maximum atomic E-state index is 10.3. The standard InChI is InChI=1S/C10H14N2OS/c13-6-1-10-7-9(8-14-10)12-4-2-11-3-5-12/h6-8,11H,1-5H2. The van der Waals surface area contributed by atoms with Crippen LogP contribution >= 0.6 is 11.3 Å². The first-order valence-electron chi connectivity index (χ1n) is 4.87. The van der Waals surface area contributed by atoms with E-state index in [4.69, 9.17) is 0 Å². The van der Waals surface area contributed by atoms with Gasteiger partial charge in [0.25, 0.3) is 0 Å². The third-order valence-electron chi connectivity index (χ3n) is 2.41. The van der Waals surface area contributed by atoms with Gasteiger partial charge < -0.3 is 15.0 Å². The molecule has 2 rings (SSSR count). The average Bonchev–Trinajstić information content (AvgIpc) is 2.68. The van der Waals surface area contributed by atoms with Crippen LogP contribution in [0.5, 0.6) is 0 Å². The molecular formula is C10H14N2OS. The average molecular weight is 210 g/mol. The van der Waals surface area contributed by atoms with E-state index in [0.29, 0.717) is 6.42 Å². The number of hydrogen-bond acceptors (Lipinski definition) is 4. The molecule has 0 amide bonds. The third-order valence-corrected chi connectivity index (χ3v) is 3.35. The summed E-state index contributed by atoms with van der Waals surface area (Å²) in [4.78, 5) is 13.9. The molecule has 1 aliphatic heterocycles. The van der Waals surface area contributed by atoms with Crippen molar-refractivity contribution < 1.29 is 4.79 Å². The van der Waals surface area contributed by atoms with Crippen LogP contribution in [-0.2, 0) is 11.2 Å². The lowest BCUT2D eigenvalue weighted by molar-refractivity contribution is -0.107. The number of rotatable bonds is 3. The summed E-state index contributed by atoms with van der Waals surface area (Å²) in [5.74, 6) is 0. The Labute approximate surface area is 87.7 Å². The summed E-state index contributed by atoms with van der Waals surface area (Å²) >= 11 is 1.67. The zero-order chi connectivity index (χ0) is 9.80. The highest BCUT2D eigenvalue weighted by Crippen LogP contribution is 2.23. The summed E-state index contributed by atoms with van der Waals surface area (Å²) in [6.45, 7) is 4.24. The maximum Gasteiger partial charge on any atom is 0.125 e. The van der Waals surface area contributed by atoms with Crippen LogP contribution in [0.25, 0.3) is 0 Å². The molecule has 0 aromatic carbocycles. The Morgan fingerprint density at radius 3 is 3.00 bits per heavy atom. The zero-order valence-electron chi connectivity index (χ0n) is 8.03. The Bertz CT molecular complexity index is 305. The number of thiophene rings is 1. The van der Waals surface area contributed by atoms with Gasteiger partial charge in [-0.05, 0) is 6.07 Å². The summed E-state index contributed by atoms with van der Waals surface area (Å²) in [6.07, 6.45) is 1.52. The van der Waals surface area contributed by atoms with Crippen LogP contribution in [0, 0.1) is 0 Å². The minimum absolute atomic E-state index is 0.552. The quantitative estimate of drug-likeness (QED) is 0.752. The second-order valence-electron chi connectivity index (χ2n) is 3.38. The molecule has 0 unspecified atom stereocenters. The van der Waals surface area contributed by atoms with Crippen molar-refractivity contribution in [3.8, 4) is 0 Å². The van der Waals surface area contributed by atoms with Crippen LogP contribution in [0.3, 0.4) is 0 Å². The normalized spacial score (nSPS) is 17.0. The molecule has 1 aromatic heterocycles. The molecule has 1 aliphatic rings. The van der Waals surface area contributed by atoms with Gasteiger partial charge in [0, 0.05) is 48.5 Å². The Morgan fingerprint density at radius 2 is 2.29 bits per heavy atom. The molecule has 1 fully saturated rings. The van der Waals surface area contributed by atoms with Crippen LogP contribution in [0.1, 0.15) is 4.88 Å². The Hall–Kier alpha value is -0.870. The fourth-order valence-corrected chi connectivity index (χ4v) is 2.49. The molecule has 76 valence electrons. The first kappa shape index (κ1) is 9.68. The lowest BCUT2D eigenvalue weighted by atomic mass is 10.3. The van der Waals surface area contributed by atoms with E-state index in [1.165, 1.54) is 5.69 Å². The third kappa shape index (κ3) is 2.13. The molecule has 14 heavy (non-hydrogen) atoms. The summed E-state index contributed by atoms with van der Waals surface area (Å²) in [7, 11) is 0. The van der Waals surface area contributed by atoms with Crippen molar-refractivity contribution in [2.45, 2.75) is 6.42 Å². The smallest absolute Gasteiger partial charge is 0.125 e. The van der Waals surface area contributed by atoms with E-state index in [-0.39, 0.29) is 0 Å². The fraction of sp³-hybridized carbons (Fsp3) is 0.500. The van der Waals surface area contributed by atoms with E-state index in [0.717, 1.165) is 37.3 Å². The second-order valence-corrected chi connectivity index (χ2v) is 4.37. The predicted octanol–water partition coefficient (Wildman–Crippen LogP) is 0.899. The maximum absolute atomic E-state index is 10.3. The molecule has 4 heteroatoms. The molecule has 0 saturated carbocycles. The Kier molecular flexibility index (Phi) is 3.16. The number of anilines is 1. The van der Waals surface area contributed by atoms with Gasteiger partial charge in [0.15, 0.2) is 0 Å². The van der Waals surface area contributed by atoms with Crippen molar-refractivity contribution in [3.63, 3.8) is 0 Å². The van der Waals surface area contributed by atoms with E-state index in [2.05, 4.69) is 21.7 Å². The topological polar surface area (TPSA) is 32.3 Å². The molecule has 1 saturated heterocycles. The highest BCUT2D eigenvalue weighted by atomic mass is 32.1. The molecule has 1 aromatic rings. The van der Waals surface area contributed by atoms with Gasteiger partial charge in [-0.15, -0.1) is 11.3 Å². The minimum atomic E-state index is 0.552. The van der Waals surface area contributed by atoms with Crippen molar-refractivity contribution in [3.05, 3.63) is 16.3 Å². The molecule has 0 aliphatic carbocycles. The van der Waals surface area contributed by atoms with Crippen LogP contribution in [0.15, 0.2) is 11.4 Å². The summed E-state index contributed by atoms with van der Waals surface area (Å²) in [6, 6.07) is 2.13. The van der Waals surface area contributed by atoms with Crippen LogP contribution in [-0.4, -0.2) is 32.5 Å². The van der Waals surface area contributed by atoms with Gasteiger partial charge in [0.05, 0.1) is 0 Å². The number of aldehydes is 1. The number of piperazine rings is 1. The van der Waals surface area contributed by atoms with E-state index in [1.807, 2.05) is 0 Å². The summed E-state index contributed by atoms with van der Waals surface area (Å²) in [5, 5.41) is 5.47. The summed E-state index contributed by atoms with van der Waals surface area (Å²) in [5.41, 5.74) is 1.27. The zero-order valence-corrected chi connectivity index (χ0v) is 8.85. The highest BCUT2D eigenvalue weighted by Gasteiger charge is 2.11. The fourth-order valence-electron chi connectivity index (χ4n) is 1.65. The van der Waals surface area contributed by atoms with Crippen molar-refractivity contribution in [1.82, 2.24) is 5.32 Å². The van der Waals surface area contributed by atoms with Crippen molar-refractivity contribution in [2.24, 2.45) is 0 Å². The van der Waals surface area contributed by atoms with E-state index in [1.54, 1.807) is 11.3 Å². The van der Waals surface area contributed by atoms with E-state index in [9.17, 15) is 4.79 Å². The first-order chi connectivity index (χ1) is 6.90. The van der Waals surface area contributed by atoms with Gasteiger partial charge in [0.1, 0.15) is 6.29 Å². The largest absolute Gasteiger partial charge is 0.368 e. The molecule has 0 bridgehead atoms. The molecule has 0 spiro atoms.